The molecule has 0 aliphatic carbocycles. The van der Waals surface area contributed by atoms with Gasteiger partial charge in [0.2, 0.25) is 0 Å². The van der Waals surface area contributed by atoms with Crippen molar-refractivity contribution in [3.05, 3.63) is 124 Å². The van der Waals surface area contributed by atoms with Gasteiger partial charge in [-0.2, -0.15) is 5.10 Å². The molecule has 12 heteroatoms. The predicted octanol–water partition coefficient (Wildman–Crippen LogP) is 6.18. The summed E-state index contributed by atoms with van der Waals surface area (Å²) < 4.78 is 21.6. The van der Waals surface area contributed by atoms with E-state index in [1.54, 1.807) is 40.2 Å². The number of para-hydroxylation sites is 2. The number of carbonyl (C=O) groups excluding carboxylic acids is 2. The van der Waals surface area contributed by atoms with Crippen LogP contribution in [0.4, 0.5) is 4.39 Å². The first kappa shape index (κ1) is 30.2. The molecule has 0 saturated carbocycles. The molecule has 0 fully saturated rings. The third-order valence-corrected chi connectivity index (χ3v) is 9.14. The fourth-order valence-electron chi connectivity index (χ4n) is 5.04. The number of hydrogen-bond donors (Lipinski definition) is 1. The van der Waals surface area contributed by atoms with Crippen LogP contribution in [0.2, 0.25) is 0 Å². The van der Waals surface area contributed by atoms with Gasteiger partial charge in [-0.25, -0.2) is 9.40 Å². The van der Waals surface area contributed by atoms with Gasteiger partial charge in [0.1, 0.15) is 11.6 Å². The van der Waals surface area contributed by atoms with Gasteiger partial charge in [-0.05, 0) is 48.2 Å². The maximum Gasteiger partial charge on any atom is 0.254 e. The van der Waals surface area contributed by atoms with E-state index < -0.39 is 11.7 Å². The van der Waals surface area contributed by atoms with Crippen molar-refractivity contribution in [3.8, 4) is 11.4 Å². The topological polar surface area (TPSA) is 102 Å². The quantitative estimate of drug-likeness (QED) is 0.183. The van der Waals surface area contributed by atoms with Gasteiger partial charge >= 0.3 is 0 Å². The number of nitrogens with zero attached hydrogens (tertiary/aromatic N) is 5. The van der Waals surface area contributed by atoms with Gasteiger partial charge in [0.15, 0.2) is 11.0 Å². The molecule has 3 heterocycles. The number of aromatic nitrogens is 3. The summed E-state index contributed by atoms with van der Waals surface area (Å²) in [5.74, 6) is -0.402. The van der Waals surface area contributed by atoms with Crippen molar-refractivity contribution >= 4 is 40.6 Å². The van der Waals surface area contributed by atoms with Crippen LogP contribution >= 0.6 is 23.1 Å². The summed E-state index contributed by atoms with van der Waals surface area (Å²) in [5, 5.41) is 20.2. The van der Waals surface area contributed by atoms with Crippen LogP contribution in [0.15, 0.2) is 101 Å². The van der Waals surface area contributed by atoms with E-state index in [0.29, 0.717) is 28.8 Å². The number of hydrogen-bond acceptors (Lipinski definition) is 8. The van der Waals surface area contributed by atoms with Gasteiger partial charge in [-0.15, -0.1) is 21.5 Å². The zero-order chi connectivity index (χ0) is 31.3. The monoisotopic (exact) mass is 640 g/mol. The van der Waals surface area contributed by atoms with Crippen LogP contribution in [0.25, 0.3) is 5.69 Å². The van der Waals surface area contributed by atoms with E-state index in [4.69, 9.17) is 9.84 Å². The fraction of sp³-hybridized carbons (Fsp3) is 0.182. The fourth-order valence-corrected chi connectivity index (χ4v) is 6.57. The largest absolute Gasteiger partial charge is 0.495 e. The minimum absolute atomic E-state index is 0.0389. The molecule has 0 bridgehead atoms. The number of nitrogens with one attached hydrogen (secondary N) is 1. The van der Waals surface area contributed by atoms with Crippen molar-refractivity contribution in [2.24, 2.45) is 5.10 Å². The summed E-state index contributed by atoms with van der Waals surface area (Å²) in [6, 6.07) is 25.0. The summed E-state index contributed by atoms with van der Waals surface area (Å²) in [4.78, 5) is 27.6. The SMILES string of the molecule is COc1ccccc1-n1c(CNC(=O)c2ccccc2F)nnc1SCC(=O)N1N=C(c2cccs2)C[C@H]1c1ccc(C)cc1. The average Bonchev–Trinajstić information content (AvgIpc) is 3.83. The molecule has 6 rings (SSSR count). The highest BCUT2D eigenvalue weighted by atomic mass is 32.2. The highest BCUT2D eigenvalue weighted by Crippen LogP contribution is 2.35. The van der Waals surface area contributed by atoms with E-state index in [0.717, 1.165) is 21.7 Å². The zero-order valence-corrected chi connectivity index (χ0v) is 26.1. The van der Waals surface area contributed by atoms with E-state index in [2.05, 4.69) is 15.5 Å². The molecular weight excluding hydrogens is 612 g/mol. The molecule has 3 aromatic carbocycles. The first-order valence-electron chi connectivity index (χ1n) is 14.2. The standard InChI is InChI=1S/C33H29FN6O3S2/c1-21-13-15-22(16-14-21)27-18-25(29-12-7-17-44-29)38-40(27)31(41)20-45-33-37-36-30(39(33)26-10-5-6-11-28(26)43-2)19-35-32(42)23-8-3-4-9-24(23)34/h3-17,27H,18-20H2,1-2H3,(H,35,42)/t27-/m0/s1. The maximum atomic E-state index is 14.2. The third kappa shape index (κ3) is 6.52. The molecule has 45 heavy (non-hydrogen) atoms. The summed E-state index contributed by atoms with van der Waals surface area (Å²) in [5.41, 5.74) is 3.59. The molecule has 1 aliphatic rings. The van der Waals surface area contributed by atoms with E-state index in [1.165, 1.54) is 30.0 Å². The zero-order valence-electron chi connectivity index (χ0n) is 24.5. The van der Waals surface area contributed by atoms with Gasteiger partial charge in [0.25, 0.3) is 11.8 Å². The Balaban J connectivity index is 1.26. The molecule has 0 unspecified atom stereocenters. The number of aryl methyl sites for hydroxylation is 1. The van der Waals surface area contributed by atoms with Crippen molar-refractivity contribution in [3.63, 3.8) is 0 Å². The van der Waals surface area contributed by atoms with Crippen molar-refractivity contribution < 1.29 is 18.7 Å². The van der Waals surface area contributed by atoms with E-state index in [9.17, 15) is 14.0 Å². The average molecular weight is 641 g/mol. The Labute approximate surface area is 267 Å². The lowest BCUT2D eigenvalue weighted by molar-refractivity contribution is -0.130. The van der Waals surface area contributed by atoms with E-state index in [1.807, 2.05) is 66.9 Å². The van der Waals surface area contributed by atoms with E-state index >= 15 is 0 Å². The summed E-state index contributed by atoms with van der Waals surface area (Å²) in [6.45, 7) is 1.99. The van der Waals surface area contributed by atoms with Crippen molar-refractivity contribution in [2.45, 2.75) is 31.1 Å². The Bertz CT molecular complexity index is 1860. The molecule has 228 valence electrons. The maximum absolute atomic E-state index is 14.2. The molecule has 2 amide bonds. The van der Waals surface area contributed by atoms with Gasteiger partial charge in [0.05, 0.1) is 47.3 Å². The Morgan fingerprint density at radius 2 is 1.80 bits per heavy atom. The predicted molar refractivity (Wildman–Crippen MR) is 172 cm³/mol. The Kier molecular flexibility index (Phi) is 9.03. The lowest BCUT2D eigenvalue weighted by Gasteiger charge is -2.22. The number of ether oxygens (including phenoxy) is 1. The third-order valence-electron chi connectivity index (χ3n) is 7.31. The molecular formula is C33H29FN6O3S2. The van der Waals surface area contributed by atoms with Gasteiger partial charge in [0, 0.05) is 6.42 Å². The van der Waals surface area contributed by atoms with Crippen LogP contribution in [0.5, 0.6) is 5.75 Å². The lowest BCUT2D eigenvalue weighted by Crippen LogP contribution is -2.28. The molecule has 5 aromatic rings. The summed E-state index contributed by atoms with van der Waals surface area (Å²) in [6.07, 6.45) is 0.614. The second kappa shape index (κ2) is 13.4. The van der Waals surface area contributed by atoms with Crippen molar-refractivity contribution in [1.29, 1.82) is 0 Å². The Morgan fingerprint density at radius 1 is 1.02 bits per heavy atom. The number of amides is 2. The van der Waals surface area contributed by atoms with Crippen LogP contribution < -0.4 is 10.1 Å². The number of hydrazone groups is 1. The van der Waals surface area contributed by atoms with E-state index in [-0.39, 0.29) is 29.8 Å². The number of benzene rings is 3. The van der Waals surface area contributed by atoms with Crippen molar-refractivity contribution in [1.82, 2.24) is 25.1 Å². The molecule has 1 N–H and O–H groups in total. The van der Waals surface area contributed by atoms with Gasteiger partial charge in [-0.3, -0.25) is 14.2 Å². The second-order valence-electron chi connectivity index (χ2n) is 10.3. The molecule has 2 aromatic heterocycles. The summed E-state index contributed by atoms with van der Waals surface area (Å²) in [7, 11) is 1.56. The minimum Gasteiger partial charge on any atom is -0.495 e. The number of halogens is 1. The van der Waals surface area contributed by atoms with Crippen LogP contribution in [0.3, 0.4) is 0 Å². The highest BCUT2D eigenvalue weighted by Gasteiger charge is 2.34. The molecule has 1 atom stereocenters. The van der Waals surface area contributed by atoms with Crippen LogP contribution in [-0.4, -0.2) is 50.2 Å². The smallest absolute Gasteiger partial charge is 0.254 e. The normalized spacial score (nSPS) is 14.3. The number of carbonyl (C=O) groups is 2. The number of rotatable bonds is 10. The lowest BCUT2D eigenvalue weighted by atomic mass is 10.00. The number of thiophene rings is 1. The molecule has 0 saturated heterocycles. The number of methoxy groups -OCH3 is 1. The first-order chi connectivity index (χ1) is 21.9. The van der Waals surface area contributed by atoms with Crippen molar-refractivity contribution in [2.75, 3.05) is 12.9 Å². The Morgan fingerprint density at radius 3 is 2.56 bits per heavy atom. The first-order valence-corrected chi connectivity index (χ1v) is 16.0. The van der Waals surface area contributed by atoms with Crippen LogP contribution in [-0.2, 0) is 11.3 Å². The number of thioether (sulfide) groups is 1. The Hall–Kier alpha value is -4.81. The minimum atomic E-state index is -0.619. The van der Waals surface area contributed by atoms with Crippen LogP contribution in [0.1, 0.15) is 44.6 Å². The second-order valence-corrected chi connectivity index (χ2v) is 12.1. The van der Waals surface area contributed by atoms with Gasteiger partial charge in [-0.1, -0.05) is 71.9 Å². The molecule has 0 radical (unpaired) electrons. The highest BCUT2D eigenvalue weighted by molar-refractivity contribution is 7.99. The molecule has 0 spiro atoms. The van der Waals surface area contributed by atoms with Crippen LogP contribution in [0, 0.1) is 12.7 Å². The molecule has 9 nitrogen and oxygen atoms in total. The molecule has 1 aliphatic heterocycles. The summed E-state index contributed by atoms with van der Waals surface area (Å²) >= 11 is 2.81. The van der Waals surface area contributed by atoms with Gasteiger partial charge < -0.3 is 10.1 Å².